The topological polar surface area (TPSA) is 53.6 Å². The molecule has 1 aliphatic carbocycles. The van der Waals surface area contributed by atoms with E-state index in [9.17, 15) is 9.18 Å². The summed E-state index contributed by atoms with van der Waals surface area (Å²) in [5.41, 5.74) is 2.12. The van der Waals surface area contributed by atoms with Crippen LogP contribution in [0.2, 0.25) is 0 Å². The van der Waals surface area contributed by atoms with Crippen LogP contribution in [0.1, 0.15) is 30.0 Å². The van der Waals surface area contributed by atoms with Crippen LogP contribution in [0, 0.1) is 5.82 Å². The molecule has 29 heavy (non-hydrogen) atoms. The smallest absolute Gasteiger partial charge is 0.315 e. The molecule has 0 aromatic heterocycles. The Morgan fingerprint density at radius 2 is 1.76 bits per heavy atom. The highest BCUT2D eigenvalue weighted by Crippen LogP contribution is 2.47. The van der Waals surface area contributed by atoms with Gasteiger partial charge in [-0.15, -0.1) is 0 Å². The molecule has 0 radical (unpaired) electrons. The van der Waals surface area contributed by atoms with Crippen LogP contribution in [0.3, 0.4) is 0 Å². The SMILES string of the molecule is O=C(NCC1(c2ccc(F)cc2)CC1)NC(CN1CCOCC1)c1ccccc1. The van der Waals surface area contributed by atoms with Gasteiger partial charge in [0.1, 0.15) is 5.82 Å². The Morgan fingerprint density at radius 3 is 2.41 bits per heavy atom. The maximum absolute atomic E-state index is 13.2. The van der Waals surface area contributed by atoms with Gasteiger partial charge in [0.15, 0.2) is 0 Å². The molecule has 0 spiro atoms. The van der Waals surface area contributed by atoms with Crippen LogP contribution in [0.25, 0.3) is 0 Å². The summed E-state index contributed by atoms with van der Waals surface area (Å²) >= 11 is 0. The molecule has 1 unspecified atom stereocenters. The van der Waals surface area contributed by atoms with E-state index in [4.69, 9.17) is 4.74 Å². The Hall–Kier alpha value is -2.44. The van der Waals surface area contributed by atoms with E-state index >= 15 is 0 Å². The average molecular weight is 397 g/mol. The lowest BCUT2D eigenvalue weighted by molar-refractivity contribution is 0.0339. The van der Waals surface area contributed by atoms with Gasteiger partial charge in [-0.25, -0.2) is 9.18 Å². The predicted molar refractivity (Wildman–Crippen MR) is 110 cm³/mol. The third kappa shape index (κ3) is 5.14. The van der Waals surface area contributed by atoms with E-state index in [1.54, 1.807) is 0 Å². The largest absolute Gasteiger partial charge is 0.379 e. The van der Waals surface area contributed by atoms with Crippen LogP contribution < -0.4 is 10.6 Å². The molecule has 5 nitrogen and oxygen atoms in total. The number of ether oxygens (including phenoxy) is 1. The number of carbonyl (C=O) groups excluding carboxylic acids is 1. The van der Waals surface area contributed by atoms with Gasteiger partial charge in [-0.2, -0.15) is 0 Å². The van der Waals surface area contributed by atoms with Crippen molar-refractivity contribution in [3.05, 3.63) is 71.5 Å². The Kier molecular flexibility index (Phi) is 6.11. The summed E-state index contributed by atoms with van der Waals surface area (Å²) in [5.74, 6) is -0.232. The molecule has 1 saturated heterocycles. The molecule has 6 heteroatoms. The lowest BCUT2D eigenvalue weighted by Gasteiger charge is -2.31. The van der Waals surface area contributed by atoms with E-state index < -0.39 is 0 Å². The molecule has 1 saturated carbocycles. The van der Waals surface area contributed by atoms with Gasteiger partial charge >= 0.3 is 6.03 Å². The number of nitrogens with zero attached hydrogens (tertiary/aromatic N) is 1. The fourth-order valence-electron chi connectivity index (χ4n) is 3.94. The quantitative estimate of drug-likeness (QED) is 0.754. The average Bonchev–Trinajstić information content (AvgIpc) is 3.55. The van der Waals surface area contributed by atoms with E-state index in [1.165, 1.54) is 12.1 Å². The first-order valence-electron chi connectivity index (χ1n) is 10.3. The number of hydrogen-bond donors (Lipinski definition) is 2. The number of amides is 2. The number of carbonyl (C=O) groups is 1. The zero-order valence-electron chi connectivity index (χ0n) is 16.6. The van der Waals surface area contributed by atoms with Crippen LogP contribution in [0.4, 0.5) is 9.18 Å². The van der Waals surface area contributed by atoms with Crippen molar-refractivity contribution < 1.29 is 13.9 Å². The van der Waals surface area contributed by atoms with Crippen molar-refractivity contribution in [3.8, 4) is 0 Å². The molecule has 1 aliphatic heterocycles. The summed E-state index contributed by atoms with van der Waals surface area (Å²) in [5, 5.41) is 6.20. The first-order chi connectivity index (χ1) is 14.1. The van der Waals surface area contributed by atoms with Gasteiger partial charge in [-0.3, -0.25) is 4.90 Å². The minimum absolute atomic E-state index is 0.0580. The Morgan fingerprint density at radius 1 is 1.07 bits per heavy atom. The van der Waals surface area contributed by atoms with Gasteiger partial charge in [0.05, 0.1) is 19.3 Å². The molecule has 1 heterocycles. The van der Waals surface area contributed by atoms with E-state index in [0.29, 0.717) is 6.54 Å². The van der Waals surface area contributed by atoms with Crippen molar-refractivity contribution in [2.45, 2.75) is 24.3 Å². The number of benzene rings is 2. The lowest BCUT2D eigenvalue weighted by atomic mass is 9.96. The molecule has 2 aromatic carbocycles. The van der Waals surface area contributed by atoms with E-state index in [-0.39, 0.29) is 23.3 Å². The molecule has 2 aliphatic rings. The van der Waals surface area contributed by atoms with Crippen molar-refractivity contribution in [2.24, 2.45) is 0 Å². The lowest BCUT2D eigenvalue weighted by Crippen LogP contribution is -2.46. The molecule has 4 rings (SSSR count). The fourth-order valence-corrected chi connectivity index (χ4v) is 3.94. The second-order valence-electron chi connectivity index (χ2n) is 7.99. The summed E-state index contributed by atoms with van der Waals surface area (Å²) in [6.07, 6.45) is 2.02. The van der Waals surface area contributed by atoms with Gasteiger partial charge in [0, 0.05) is 31.6 Å². The minimum atomic E-state index is -0.232. The third-order valence-corrected chi connectivity index (χ3v) is 5.95. The van der Waals surface area contributed by atoms with Crippen molar-refractivity contribution in [1.82, 2.24) is 15.5 Å². The van der Waals surface area contributed by atoms with Gasteiger partial charge < -0.3 is 15.4 Å². The molecule has 2 amide bonds. The highest BCUT2D eigenvalue weighted by atomic mass is 19.1. The molecule has 2 fully saturated rings. The number of nitrogens with one attached hydrogen (secondary N) is 2. The molecular weight excluding hydrogens is 369 g/mol. The summed E-state index contributed by atoms with van der Waals surface area (Å²) < 4.78 is 18.7. The number of hydrogen-bond acceptors (Lipinski definition) is 3. The second kappa shape index (κ2) is 8.93. The summed E-state index contributed by atoms with van der Waals surface area (Å²) in [7, 11) is 0. The summed E-state index contributed by atoms with van der Waals surface area (Å²) in [6, 6.07) is 16.4. The molecule has 2 N–H and O–H groups in total. The Balaban J connectivity index is 1.36. The van der Waals surface area contributed by atoms with Crippen LogP contribution in [0.15, 0.2) is 54.6 Å². The highest BCUT2D eigenvalue weighted by molar-refractivity contribution is 5.74. The minimum Gasteiger partial charge on any atom is -0.379 e. The highest BCUT2D eigenvalue weighted by Gasteiger charge is 2.44. The first kappa shape index (κ1) is 19.9. The number of urea groups is 1. The van der Waals surface area contributed by atoms with Crippen LogP contribution in [-0.4, -0.2) is 50.3 Å². The first-order valence-corrected chi connectivity index (χ1v) is 10.3. The number of halogens is 1. The van der Waals surface area contributed by atoms with Crippen molar-refractivity contribution in [1.29, 1.82) is 0 Å². The van der Waals surface area contributed by atoms with E-state index in [2.05, 4.69) is 15.5 Å². The summed E-state index contributed by atoms with van der Waals surface area (Å²) in [4.78, 5) is 15.0. The molecule has 0 bridgehead atoms. The third-order valence-electron chi connectivity index (χ3n) is 5.95. The van der Waals surface area contributed by atoms with E-state index in [0.717, 1.165) is 56.8 Å². The van der Waals surface area contributed by atoms with Crippen LogP contribution in [0.5, 0.6) is 0 Å². The standard InChI is InChI=1S/C23H28FN3O2/c24-20-8-6-19(7-9-20)23(10-11-23)17-25-22(28)26-21(18-4-2-1-3-5-18)16-27-12-14-29-15-13-27/h1-9,21H,10-17H2,(H2,25,26,28). The summed E-state index contributed by atoms with van der Waals surface area (Å²) in [6.45, 7) is 4.52. The zero-order chi connectivity index (χ0) is 20.1. The Bertz CT molecular complexity index is 803. The van der Waals surface area contributed by atoms with Gasteiger partial charge in [-0.05, 0) is 36.1 Å². The van der Waals surface area contributed by atoms with E-state index in [1.807, 2.05) is 42.5 Å². The maximum atomic E-state index is 13.2. The van der Waals surface area contributed by atoms with Gasteiger partial charge in [0.25, 0.3) is 0 Å². The fraction of sp³-hybridized carbons (Fsp3) is 0.435. The molecule has 154 valence electrons. The van der Waals surface area contributed by atoms with Crippen molar-refractivity contribution in [3.63, 3.8) is 0 Å². The van der Waals surface area contributed by atoms with Crippen LogP contribution in [-0.2, 0) is 10.2 Å². The number of morpholine rings is 1. The van der Waals surface area contributed by atoms with Gasteiger partial charge in [-0.1, -0.05) is 42.5 Å². The van der Waals surface area contributed by atoms with Crippen molar-refractivity contribution in [2.75, 3.05) is 39.4 Å². The van der Waals surface area contributed by atoms with Gasteiger partial charge in [0.2, 0.25) is 0 Å². The monoisotopic (exact) mass is 397 g/mol. The normalized spacial score (nSPS) is 19.3. The van der Waals surface area contributed by atoms with Crippen LogP contribution >= 0.6 is 0 Å². The molecule has 1 atom stereocenters. The van der Waals surface area contributed by atoms with Crippen molar-refractivity contribution >= 4 is 6.03 Å². The zero-order valence-corrected chi connectivity index (χ0v) is 16.6. The molecular formula is C23H28FN3O2. The second-order valence-corrected chi connectivity index (χ2v) is 7.99. The Labute approximate surface area is 171 Å². The number of rotatable bonds is 7. The molecule has 2 aromatic rings. The predicted octanol–water partition coefficient (Wildman–Crippen LogP) is 3.23. The maximum Gasteiger partial charge on any atom is 0.315 e.